The summed E-state index contributed by atoms with van der Waals surface area (Å²) in [5, 5.41) is 0.447. The molecule has 26 heavy (non-hydrogen) atoms. The Labute approximate surface area is 154 Å². The lowest BCUT2D eigenvalue weighted by atomic mass is 9.98. The lowest BCUT2D eigenvalue weighted by Gasteiger charge is -2.36. The van der Waals surface area contributed by atoms with Gasteiger partial charge < -0.3 is 4.90 Å². The topological polar surface area (TPSA) is 49.4 Å². The molecule has 2 aromatic rings. The molecule has 0 aliphatic carbocycles. The fraction of sp³-hybridized carbons (Fsp3) is 0.294. The summed E-state index contributed by atoms with van der Waals surface area (Å²) in [6, 6.07) is 13.7. The molecule has 0 radical (unpaired) electrons. The minimum atomic E-state index is -5.42. The molecule has 140 valence electrons. The van der Waals surface area contributed by atoms with Gasteiger partial charge in [0, 0.05) is 29.8 Å². The first kappa shape index (κ1) is 19.0. The predicted molar refractivity (Wildman–Crippen MR) is 94.5 cm³/mol. The molecule has 1 aliphatic heterocycles. The third-order valence-electron chi connectivity index (χ3n) is 4.13. The molecule has 1 heterocycles. The van der Waals surface area contributed by atoms with Crippen molar-refractivity contribution in [3.8, 4) is 0 Å². The summed E-state index contributed by atoms with van der Waals surface area (Å²) in [7, 11) is -5.42. The molecule has 3 rings (SSSR count). The van der Waals surface area contributed by atoms with Gasteiger partial charge in [0.25, 0.3) is 0 Å². The summed E-state index contributed by atoms with van der Waals surface area (Å²) in [5.41, 5.74) is -2.84. The van der Waals surface area contributed by atoms with Gasteiger partial charge in [-0.25, -0.2) is 13.1 Å². The average Bonchev–Trinajstić information content (AvgIpc) is 2.54. The van der Waals surface area contributed by atoms with E-state index in [2.05, 4.69) is 0 Å². The van der Waals surface area contributed by atoms with E-state index in [4.69, 9.17) is 11.6 Å². The van der Waals surface area contributed by atoms with Gasteiger partial charge in [-0.05, 0) is 35.7 Å². The summed E-state index contributed by atoms with van der Waals surface area (Å²) in [6.07, 6.45) is 0.135. The number of alkyl halides is 3. The summed E-state index contributed by atoms with van der Waals surface area (Å²) in [5.74, 6) is 0. The average molecular weight is 405 g/mol. The highest BCUT2D eigenvalue weighted by Gasteiger charge is 2.47. The molecule has 1 unspecified atom stereocenters. The normalized spacial score (nSPS) is 17.8. The SMILES string of the molecule is O=S(=O)(NC1Cc2cc(Cl)ccc2N(Cc2ccccc2)C1)C(F)(F)F. The lowest BCUT2D eigenvalue weighted by Crippen LogP contribution is -2.51. The number of fused-ring (bicyclic) bond motifs is 1. The number of hydrogen-bond acceptors (Lipinski definition) is 3. The van der Waals surface area contributed by atoms with E-state index < -0.39 is 21.6 Å². The van der Waals surface area contributed by atoms with Crippen LogP contribution in [-0.4, -0.2) is 26.5 Å². The number of rotatable bonds is 4. The number of sulfonamides is 1. The van der Waals surface area contributed by atoms with E-state index in [9.17, 15) is 21.6 Å². The highest BCUT2D eigenvalue weighted by atomic mass is 35.5. The van der Waals surface area contributed by atoms with Crippen LogP contribution in [0.15, 0.2) is 48.5 Å². The second-order valence-corrected chi connectivity index (χ2v) is 8.25. The van der Waals surface area contributed by atoms with Crippen LogP contribution in [0, 0.1) is 0 Å². The van der Waals surface area contributed by atoms with Crippen LogP contribution in [0.1, 0.15) is 11.1 Å². The van der Waals surface area contributed by atoms with Crippen molar-refractivity contribution < 1.29 is 21.6 Å². The predicted octanol–water partition coefficient (Wildman–Crippen LogP) is 3.71. The lowest BCUT2D eigenvalue weighted by molar-refractivity contribution is -0.0450. The number of benzene rings is 2. The molecule has 1 N–H and O–H groups in total. The summed E-state index contributed by atoms with van der Waals surface area (Å²) in [4.78, 5) is 1.86. The highest BCUT2D eigenvalue weighted by molar-refractivity contribution is 7.90. The van der Waals surface area contributed by atoms with Crippen molar-refractivity contribution in [1.29, 1.82) is 0 Å². The van der Waals surface area contributed by atoms with Gasteiger partial charge in [0.2, 0.25) is 0 Å². The van der Waals surface area contributed by atoms with Crippen LogP contribution in [-0.2, 0) is 23.0 Å². The van der Waals surface area contributed by atoms with Crippen LogP contribution in [0.2, 0.25) is 5.02 Å². The van der Waals surface area contributed by atoms with Crippen molar-refractivity contribution in [3.63, 3.8) is 0 Å². The van der Waals surface area contributed by atoms with Gasteiger partial charge in [0.15, 0.2) is 0 Å². The van der Waals surface area contributed by atoms with Crippen molar-refractivity contribution in [2.24, 2.45) is 0 Å². The fourth-order valence-electron chi connectivity index (χ4n) is 3.04. The molecule has 9 heteroatoms. The molecule has 0 aromatic heterocycles. The van der Waals surface area contributed by atoms with Crippen LogP contribution >= 0.6 is 11.6 Å². The van der Waals surface area contributed by atoms with Crippen molar-refractivity contribution in [3.05, 3.63) is 64.7 Å². The quantitative estimate of drug-likeness (QED) is 0.845. The van der Waals surface area contributed by atoms with Gasteiger partial charge in [-0.2, -0.15) is 13.2 Å². The first-order valence-corrected chi connectivity index (χ1v) is 9.68. The minimum Gasteiger partial charge on any atom is -0.365 e. The van der Waals surface area contributed by atoms with E-state index in [1.54, 1.807) is 22.9 Å². The van der Waals surface area contributed by atoms with Crippen molar-refractivity contribution in [2.75, 3.05) is 11.4 Å². The Morgan fingerprint density at radius 1 is 1.15 bits per heavy atom. The van der Waals surface area contributed by atoms with Crippen LogP contribution in [0.3, 0.4) is 0 Å². The molecule has 0 saturated heterocycles. The zero-order chi connectivity index (χ0) is 18.9. The molecule has 2 aromatic carbocycles. The maximum atomic E-state index is 12.7. The minimum absolute atomic E-state index is 0.124. The first-order valence-electron chi connectivity index (χ1n) is 7.81. The van der Waals surface area contributed by atoms with E-state index in [1.165, 1.54) is 0 Å². The van der Waals surface area contributed by atoms with Gasteiger partial charge in [-0.15, -0.1) is 0 Å². The summed E-state index contributed by atoms with van der Waals surface area (Å²) < 4.78 is 62.9. The van der Waals surface area contributed by atoms with E-state index in [-0.39, 0.29) is 13.0 Å². The Balaban J connectivity index is 1.89. The van der Waals surface area contributed by atoms with Gasteiger partial charge in [0.1, 0.15) is 0 Å². The van der Waals surface area contributed by atoms with Crippen LogP contribution in [0.5, 0.6) is 0 Å². The molecule has 1 atom stereocenters. The molecule has 1 aliphatic rings. The third-order valence-corrected chi connectivity index (χ3v) is 5.62. The van der Waals surface area contributed by atoms with Gasteiger partial charge in [0.05, 0.1) is 0 Å². The van der Waals surface area contributed by atoms with Crippen molar-refractivity contribution >= 4 is 27.3 Å². The molecule has 0 saturated carbocycles. The van der Waals surface area contributed by atoms with Gasteiger partial charge in [-0.3, -0.25) is 0 Å². The van der Waals surface area contributed by atoms with E-state index in [0.717, 1.165) is 11.3 Å². The molecular formula is C17H16ClF3N2O2S. The number of halogens is 4. The first-order chi connectivity index (χ1) is 12.2. The molecular weight excluding hydrogens is 389 g/mol. The van der Waals surface area contributed by atoms with Crippen molar-refractivity contribution in [2.45, 2.75) is 24.5 Å². The molecule has 0 bridgehead atoms. The second kappa shape index (κ2) is 7.09. The Kier molecular flexibility index (Phi) is 5.18. The summed E-state index contributed by atoms with van der Waals surface area (Å²) in [6.45, 7) is 0.568. The van der Waals surface area contributed by atoms with Gasteiger partial charge in [-0.1, -0.05) is 41.9 Å². The number of nitrogens with one attached hydrogen (secondary N) is 1. The largest absolute Gasteiger partial charge is 0.511 e. The number of hydrogen-bond donors (Lipinski definition) is 1. The van der Waals surface area contributed by atoms with E-state index in [1.807, 2.05) is 35.2 Å². The Bertz CT molecular complexity index is 889. The van der Waals surface area contributed by atoms with Crippen LogP contribution < -0.4 is 9.62 Å². The molecule has 0 fully saturated rings. The zero-order valence-electron chi connectivity index (χ0n) is 13.5. The van der Waals surface area contributed by atoms with E-state index >= 15 is 0 Å². The maximum absolute atomic E-state index is 12.7. The summed E-state index contributed by atoms with van der Waals surface area (Å²) >= 11 is 6.00. The standard InChI is InChI=1S/C17H16ClF3N2O2S/c18-14-6-7-16-13(8-14)9-15(22-26(24,25)17(19,20)21)11-23(16)10-12-4-2-1-3-5-12/h1-8,15,22H,9-11H2. The fourth-order valence-corrected chi connectivity index (χ4v) is 3.96. The smallest absolute Gasteiger partial charge is 0.365 e. The molecule has 0 amide bonds. The molecule has 4 nitrogen and oxygen atoms in total. The zero-order valence-corrected chi connectivity index (χ0v) is 15.1. The maximum Gasteiger partial charge on any atom is 0.511 e. The molecule has 0 spiro atoms. The Morgan fingerprint density at radius 2 is 1.85 bits per heavy atom. The van der Waals surface area contributed by atoms with Crippen molar-refractivity contribution in [1.82, 2.24) is 4.72 Å². The van der Waals surface area contributed by atoms with E-state index in [0.29, 0.717) is 17.1 Å². The number of anilines is 1. The highest BCUT2D eigenvalue weighted by Crippen LogP contribution is 2.32. The van der Waals surface area contributed by atoms with Crippen LogP contribution in [0.25, 0.3) is 0 Å². The third kappa shape index (κ3) is 4.13. The second-order valence-electron chi connectivity index (χ2n) is 6.11. The van der Waals surface area contributed by atoms with Gasteiger partial charge >= 0.3 is 15.5 Å². The van der Waals surface area contributed by atoms with Crippen LogP contribution in [0.4, 0.5) is 18.9 Å². The Hall–Kier alpha value is -1.77. The Morgan fingerprint density at radius 3 is 2.50 bits per heavy atom. The monoisotopic (exact) mass is 404 g/mol. The number of nitrogens with zero attached hydrogens (tertiary/aromatic N) is 1.